The van der Waals surface area contributed by atoms with Gasteiger partial charge in [-0.2, -0.15) is 0 Å². The highest BCUT2D eigenvalue weighted by molar-refractivity contribution is 5.79. The predicted octanol–water partition coefficient (Wildman–Crippen LogP) is 3.36. The number of aromatic nitrogens is 2. The van der Waals surface area contributed by atoms with Gasteiger partial charge in [0.1, 0.15) is 11.8 Å². The van der Waals surface area contributed by atoms with E-state index in [1.807, 2.05) is 13.0 Å². The van der Waals surface area contributed by atoms with Crippen molar-refractivity contribution in [2.75, 3.05) is 6.61 Å². The molecule has 1 N–H and O–H groups in total. The molecule has 2 aromatic carbocycles. The molecule has 2 heterocycles. The maximum absolute atomic E-state index is 12.2. The lowest BCUT2D eigenvalue weighted by Gasteiger charge is -2.13. The Hall–Kier alpha value is -3.08. The Morgan fingerprint density at radius 3 is 2.81 bits per heavy atom. The highest BCUT2D eigenvalue weighted by Gasteiger charge is 2.14. The summed E-state index contributed by atoms with van der Waals surface area (Å²) in [5, 5.41) is 2.98. The second-order valence-electron chi connectivity index (χ2n) is 6.52. The Morgan fingerprint density at radius 1 is 1.23 bits per heavy atom. The van der Waals surface area contributed by atoms with Crippen LogP contribution in [0.4, 0.5) is 0 Å². The van der Waals surface area contributed by atoms with E-state index in [1.165, 1.54) is 16.7 Å². The molecule has 5 nitrogen and oxygen atoms in total. The summed E-state index contributed by atoms with van der Waals surface area (Å²) in [6.45, 7) is 3.14. The quantitative estimate of drug-likeness (QED) is 0.770. The van der Waals surface area contributed by atoms with Gasteiger partial charge in [0.05, 0.1) is 12.9 Å². The number of nitrogens with one attached hydrogen (secondary N) is 1. The van der Waals surface area contributed by atoms with Crippen LogP contribution in [0.5, 0.6) is 5.75 Å². The third kappa shape index (κ3) is 3.33. The molecule has 1 aliphatic rings. The van der Waals surface area contributed by atoms with Crippen molar-refractivity contribution in [1.82, 2.24) is 14.9 Å². The Morgan fingerprint density at radius 2 is 2.04 bits per heavy atom. The molecule has 1 amide bonds. The number of fused-ring (bicyclic) bond motifs is 1. The first-order chi connectivity index (χ1) is 12.7. The minimum atomic E-state index is -0.273. The van der Waals surface area contributed by atoms with Crippen LogP contribution in [0, 0.1) is 0 Å². The summed E-state index contributed by atoms with van der Waals surface area (Å²) in [6.07, 6.45) is 6.09. The van der Waals surface area contributed by atoms with Crippen LogP contribution < -0.4 is 10.1 Å². The van der Waals surface area contributed by atoms with Crippen LogP contribution in [0.3, 0.4) is 0 Å². The molecule has 26 heavy (non-hydrogen) atoms. The van der Waals surface area contributed by atoms with Crippen LogP contribution in [0.25, 0.3) is 11.1 Å². The average molecular weight is 347 g/mol. The Bertz CT molecular complexity index is 902. The molecule has 0 bridgehead atoms. The monoisotopic (exact) mass is 347 g/mol. The maximum atomic E-state index is 12.2. The van der Waals surface area contributed by atoms with E-state index in [1.54, 1.807) is 23.3 Å². The summed E-state index contributed by atoms with van der Waals surface area (Å²) in [4.78, 5) is 16.2. The van der Waals surface area contributed by atoms with Gasteiger partial charge in [-0.1, -0.05) is 30.3 Å². The molecule has 4 rings (SSSR count). The fourth-order valence-electron chi connectivity index (χ4n) is 3.15. The van der Waals surface area contributed by atoms with Gasteiger partial charge in [-0.25, -0.2) is 4.98 Å². The van der Waals surface area contributed by atoms with Gasteiger partial charge in [0.2, 0.25) is 5.91 Å². The lowest BCUT2D eigenvalue weighted by Crippen LogP contribution is -2.30. The van der Waals surface area contributed by atoms with Gasteiger partial charge in [0.25, 0.3) is 0 Å². The number of amides is 1. The van der Waals surface area contributed by atoms with Gasteiger partial charge >= 0.3 is 0 Å². The number of nitrogens with zero attached hydrogens (tertiary/aromatic N) is 2. The highest BCUT2D eigenvalue weighted by atomic mass is 16.5. The molecular formula is C21H21N3O2. The number of hydrogen-bond donors (Lipinski definition) is 1. The first-order valence-corrected chi connectivity index (χ1v) is 8.81. The third-order valence-corrected chi connectivity index (χ3v) is 4.79. The summed E-state index contributed by atoms with van der Waals surface area (Å²) in [7, 11) is 0. The predicted molar refractivity (Wildman–Crippen MR) is 99.9 cm³/mol. The van der Waals surface area contributed by atoms with Gasteiger partial charge in [0.15, 0.2) is 0 Å². The van der Waals surface area contributed by atoms with Crippen molar-refractivity contribution in [3.8, 4) is 16.9 Å². The van der Waals surface area contributed by atoms with E-state index in [2.05, 4.69) is 46.7 Å². The molecule has 0 saturated heterocycles. The normalized spacial score (nSPS) is 13.7. The largest absolute Gasteiger partial charge is 0.493 e. The molecule has 3 aromatic rings. The Labute approximate surface area is 152 Å². The third-order valence-electron chi connectivity index (χ3n) is 4.79. The van der Waals surface area contributed by atoms with Crippen LogP contribution >= 0.6 is 0 Å². The number of rotatable bonds is 5. The van der Waals surface area contributed by atoms with E-state index >= 15 is 0 Å². The van der Waals surface area contributed by atoms with Gasteiger partial charge in [-0.3, -0.25) is 4.79 Å². The fraction of sp³-hybridized carbons (Fsp3) is 0.238. The first kappa shape index (κ1) is 16.4. The van der Waals surface area contributed by atoms with Crippen molar-refractivity contribution in [2.45, 2.75) is 25.9 Å². The van der Waals surface area contributed by atoms with E-state index in [4.69, 9.17) is 4.74 Å². The van der Waals surface area contributed by atoms with Crippen molar-refractivity contribution in [1.29, 1.82) is 0 Å². The van der Waals surface area contributed by atoms with Crippen molar-refractivity contribution in [3.05, 3.63) is 72.3 Å². The number of imidazole rings is 1. The van der Waals surface area contributed by atoms with Crippen LogP contribution in [0.15, 0.2) is 61.2 Å². The summed E-state index contributed by atoms with van der Waals surface area (Å²) < 4.78 is 7.35. The fourth-order valence-corrected chi connectivity index (χ4v) is 3.15. The second-order valence-corrected chi connectivity index (χ2v) is 6.52. The van der Waals surface area contributed by atoms with Crippen molar-refractivity contribution >= 4 is 5.91 Å². The number of hydrogen-bond acceptors (Lipinski definition) is 3. The maximum Gasteiger partial charge on any atom is 0.243 e. The minimum absolute atomic E-state index is 0.0225. The van der Waals surface area contributed by atoms with E-state index in [0.29, 0.717) is 6.54 Å². The standard InChI is InChI=1S/C21H21N3O2/c1-15(24-10-9-22-14-24)21(25)23-13-16-2-4-17(5-3-16)18-6-7-20-19(12-18)8-11-26-20/h2-7,9-10,12,14-15H,8,11,13H2,1H3,(H,23,25)/t15-/m1/s1. The summed E-state index contributed by atoms with van der Waals surface area (Å²) >= 11 is 0. The molecule has 5 heteroatoms. The summed E-state index contributed by atoms with van der Waals surface area (Å²) in [5.41, 5.74) is 4.71. The van der Waals surface area contributed by atoms with E-state index in [0.717, 1.165) is 24.3 Å². The van der Waals surface area contributed by atoms with Gasteiger partial charge in [-0.05, 0) is 41.3 Å². The average Bonchev–Trinajstić information content (AvgIpc) is 3.37. The van der Waals surface area contributed by atoms with E-state index in [-0.39, 0.29) is 11.9 Å². The molecular weight excluding hydrogens is 326 g/mol. The zero-order valence-corrected chi connectivity index (χ0v) is 14.7. The van der Waals surface area contributed by atoms with Crippen molar-refractivity contribution in [3.63, 3.8) is 0 Å². The molecule has 0 fully saturated rings. The van der Waals surface area contributed by atoms with E-state index < -0.39 is 0 Å². The first-order valence-electron chi connectivity index (χ1n) is 8.81. The Kier molecular flexibility index (Phi) is 4.44. The molecule has 0 spiro atoms. The minimum Gasteiger partial charge on any atom is -0.493 e. The Balaban J connectivity index is 1.39. The van der Waals surface area contributed by atoms with Crippen molar-refractivity contribution in [2.24, 2.45) is 0 Å². The highest BCUT2D eigenvalue weighted by Crippen LogP contribution is 2.30. The van der Waals surface area contributed by atoms with Crippen LogP contribution in [0.2, 0.25) is 0 Å². The molecule has 1 aromatic heterocycles. The number of benzene rings is 2. The van der Waals surface area contributed by atoms with Crippen LogP contribution in [0.1, 0.15) is 24.1 Å². The van der Waals surface area contributed by atoms with Gasteiger partial charge < -0.3 is 14.6 Å². The second kappa shape index (κ2) is 7.04. The molecule has 0 saturated carbocycles. The number of carbonyl (C=O) groups is 1. The molecule has 0 radical (unpaired) electrons. The smallest absolute Gasteiger partial charge is 0.243 e. The van der Waals surface area contributed by atoms with Crippen LogP contribution in [-0.2, 0) is 17.8 Å². The molecule has 0 aliphatic carbocycles. The summed E-state index contributed by atoms with van der Waals surface area (Å²) in [5.74, 6) is 0.978. The van der Waals surface area contributed by atoms with Gasteiger partial charge in [-0.15, -0.1) is 0 Å². The van der Waals surface area contributed by atoms with E-state index in [9.17, 15) is 4.79 Å². The zero-order valence-electron chi connectivity index (χ0n) is 14.7. The SMILES string of the molecule is C[C@H](C(=O)NCc1ccc(-c2ccc3c(c2)CCO3)cc1)n1ccnc1. The lowest BCUT2D eigenvalue weighted by molar-refractivity contribution is -0.124. The number of carbonyl (C=O) groups excluding carboxylic acids is 1. The van der Waals surface area contributed by atoms with Crippen LogP contribution in [-0.4, -0.2) is 22.1 Å². The lowest BCUT2D eigenvalue weighted by atomic mass is 10.0. The topological polar surface area (TPSA) is 56.1 Å². The number of ether oxygens (including phenoxy) is 1. The molecule has 1 atom stereocenters. The molecule has 1 aliphatic heterocycles. The van der Waals surface area contributed by atoms with Crippen molar-refractivity contribution < 1.29 is 9.53 Å². The summed E-state index contributed by atoms with van der Waals surface area (Å²) in [6, 6.07) is 14.4. The van der Waals surface area contributed by atoms with Gasteiger partial charge in [0, 0.05) is 25.4 Å². The molecule has 0 unspecified atom stereocenters. The molecule has 132 valence electrons. The zero-order chi connectivity index (χ0) is 17.9.